The van der Waals surface area contributed by atoms with Crippen molar-refractivity contribution in [2.75, 3.05) is 12.4 Å². The summed E-state index contributed by atoms with van der Waals surface area (Å²) in [6.45, 7) is 0.0826. The Morgan fingerprint density at radius 1 is 0.969 bits per heavy atom. The number of rotatable bonds is 7. The predicted octanol–water partition coefficient (Wildman–Crippen LogP) is 4.30. The second-order valence-corrected chi connectivity index (χ2v) is 7.62. The summed E-state index contributed by atoms with van der Waals surface area (Å²) in [6.07, 6.45) is 0. The third-order valence-electron chi connectivity index (χ3n) is 5.75. The molecule has 3 aromatic carbocycles. The lowest BCUT2D eigenvalue weighted by Crippen LogP contribution is -2.28. The van der Waals surface area contributed by atoms with Crippen LogP contribution in [0.25, 0.3) is 0 Å². The maximum Gasteiger partial charge on any atom is 0.312 e. The number of ether oxygens (including phenoxy) is 2. The molecule has 3 atom stereocenters. The fourth-order valence-electron chi connectivity index (χ4n) is 4.03. The Balaban J connectivity index is 1.58. The van der Waals surface area contributed by atoms with Gasteiger partial charge >= 0.3 is 5.97 Å². The molecule has 0 saturated heterocycles. The van der Waals surface area contributed by atoms with Gasteiger partial charge in [-0.1, -0.05) is 60.7 Å². The van der Waals surface area contributed by atoms with Crippen LogP contribution in [-0.2, 0) is 20.9 Å². The highest BCUT2D eigenvalue weighted by Gasteiger charge is 2.75. The second-order valence-electron chi connectivity index (χ2n) is 7.62. The largest absolute Gasteiger partial charge is 0.497 e. The van der Waals surface area contributed by atoms with E-state index in [1.165, 1.54) is 0 Å². The Kier molecular flexibility index (Phi) is 5.91. The lowest BCUT2D eigenvalue weighted by atomic mass is 9.99. The molecule has 1 saturated carbocycles. The van der Waals surface area contributed by atoms with Gasteiger partial charge in [0.1, 0.15) is 12.4 Å². The summed E-state index contributed by atoms with van der Waals surface area (Å²) >= 11 is 0. The van der Waals surface area contributed by atoms with Gasteiger partial charge in [-0.2, -0.15) is 5.26 Å². The Hall–Kier alpha value is -4.11. The minimum absolute atomic E-state index is 0.0826. The monoisotopic (exact) mass is 426 g/mol. The van der Waals surface area contributed by atoms with Crippen LogP contribution in [0.3, 0.4) is 0 Å². The van der Waals surface area contributed by atoms with Gasteiger partial charge in [0.15, 0.2) is 5.41 Å². The van der Waals surface area contributed by atoms with E-state index in [4.69, 9.17) is 9.47 Å². The molecule has 1 fully saturated rings. The highest BCUT2D eigenvalue weighted by atomic mass is 16.5. The number of carbonyl (C=O) groups is 2. The number of benzene rings is 3. The fourth-order valence-corrected chi connectivity index (χ4v) is 4.03. The van der Waals surface area contributed by atoms with Crippen molar-refractivity contribution in [1.29, 1.82) is 5.26 Å². The van der Waals surface area contributed by atoms with Crippen molar-refractivity contribution in [2.45, 2.75) is 12.5 Å². The van der Waals surface area contributed by atoms with Crippen molar-refractivity contribution in [3.63, 3.8) is 0 Å². The minimum atomic E-state index is -1.55. The van der Waals surface area contributed by atoms with Crippen molar-refractivity contribution in [3.05, 3.63) is 96.1 Å². The molecule has 0 spiro atoms. The highest BCUT2D eigenvalue weighted by molar-refractivity contribution is 6.06. The first-order chi connectivity index (χ1) is 15.6. The molecule has 160 valence electrons. The van der Waals surface area contributed by atoms with E-state index in [1.54, 1.807) is 31.4 Å². The van der Waals surface area contributed by atoms with Crippen LogP contribution >= 0.6 is 0 Å². The zero-order valence-corrected chi connectivity index (χ0v) is 17.5. The van der Waals surface area contributed by atoms with Crippen LogP contribution in [0.2, 0.25) is 0 Å². The zero-order chi connectivity index (χ0) is 22.6. The lowest BCUT2D eigenvalue weighted by molar-refractivity contribution is -0.148. The molecule has 32 heavy (non-hydrogen) atoms. The fraction of sp³-hybridized carbons (Fsp3) is 0.192. The molecule has 0 radical (unpaired) electrons. The normalized spacial score (nSPS) is 21.1. The number of hydrogen-bond acceptors (Lipinski definition) is 5. The number of nitrogens with one attached hydrogen (secondary N) is 1. The van der Waals surface area contributed by atoms with Gasteiger partial charge in [0, 0.05) is 11.6 Å². The van der Waals surface area contributed by atoms with Gasteiger partial charge in [-0.15, -0.1) is 0 Å². The van der Waals surface area contributed by atoms with Crippen molar-refractivity contribution in [2.24, 2.45) is 11.3 Å². The summed E-state index contributed by atoms with van der Waals surface area (Å²) in [5.41, 5.74) is 0.554. The summed E-state index contributed by atoms with van der Waals surface area (Å²) in [7, 11) is 1.55. The number of anilines is 1. The number of nitriles is 1. The van der Waals surface area contributed by atoms with E-state index >= 15 is 0 Å². The lowest BCUT2D eigenvalue weighted by Gasteiger charge is -2.11. The molecule has 6 nitrogen and oxygen atoms in total. The van der Waals surface area contributed by atoms with Crippen LogP contribution in [0, 0.1) is 22.7 Å². The Morgan fingerprint density at radius 2 is 1.59 bits per heavy atom. The molecule has 1 N–H and O–H groups in total. The Morgan fingerprint density at radius 3 is 2.19 bits per heavy atom. The standard InChI is InChI=1S/C26H22N2O4/c1-31-21-14-12-20(13-15-21)28-25(30)26(17-27)22(19-10-6-3-7-11-19)23(26)24(29)32-16-18-8-4-2-5-9-18/h2-15,22-23H,16H2,1H3,(H,28,30)/t22-,23-,26+/m1/s1. The van der Waals surface area contributed by atoms with Crippen LogP contribution in [0.4, 0.5) is 5.69 Å². The molecule has 1 aliphatic rings. The van der Waals surface area contributed by atoms with Gasteiger partial charge in [-0.3, -0.25) is 9.59 Å². The predicted molar refractivity (Wildman–Crippen MR) is 119 cm³/mol. The Labute approximate surface area is 186 Å². The SMILES string of the molecule is COc1ccc(NC(=O)[C@@]2(C#N)[C@H](c3ccccc3)[C@@H]2C(=O)OCc2ccccc2)cc1. The molecule has 4 rings (SSSR count). The molecular weight excluding hydrogens is 404 g/mol. The molecule has 6 heteroatoms. The number of nitrogens with zero attached hydrogens (tertiary/aromatic N) is 1. The van der Waals surface area contributed by atoms with E-state index in [2.05, 4.69) is 11.4 Å². The van der Waals surface area contributed by atoms with Gasteiger partial charge in [-0.05, 0) is 35.4 Å². The van der Waals surface area contributed by atoms with E-state index in [0.29, 0.717) is 11.4 Å². The van der Waals surface area contributed by atoms with Crippen LogP contribution < -0.4 is 10.1 Å². The maximum atomic E-state index is 13.3. The summed E-state index contributed by atoms with van der Waals surface area (Å²) < 4.78 is 10.6. The van der Waals surface area contributed by atoms with Crippen molar-refractivity contribution in [1.82, 2.24) is 0 Å². The molecule has 0 bridgehead atoms. The molecule has 0 aromatic heterocycles. The summed E-state index contributed by atoms with van der Waals surface area (Å²) in [5.74, 6) is -1.92. The number of methoxy groups -OCH3 is 1. The minimum Gasteiger partial charge on any atom is -0.497 e. The van der Waals surface area contributed by atoms with Gasteiger partial charge < -0.3 is 14.8 Å². The van der Waals surface area contributed by atoms with E-state index < -0.39 is 29.1 Å². The second kappa shape index (κ2) is 8.94. The number of carbonyl (C=O) groups excluding carboxylic acids is 2. The molecular formula is C26H22N2O4. The third-order valence-corrected chi connectivity index (χ3v) is 5.75. The van der Waals surface area contributed by atoms with Gasteiger partial charge in [0.25, 0.3) is 0 Å². The van der Waals surface area contributed by atoms with E-state index in [0.717, 1.165) is 11.1 Å². The van der Waals surface area contributed by atoms with Crippen molar-refractivity contribution in [3.8, 4) is 11.8 Å². The third kappa shape index (κ3) is 3.93. The maximum absolute atomic E-state index is 13.3. The average molecular weight is 426 g/mol. The summed E-state index contributed by atoms with van der Waals surface area (Å²) in [5, 5.41) is 12.9. The molecule has 0 aliphatic heterocycles. The van der Waals surface area contributed by atoms with Gasteiger partial charge in [0.05, 0.1) is 19.1 Å². The van der Waals surface area contributed by atoms with E-state index in [1.807, 2.05) is 60.7 Å². The molecule has 1 aliphatic carbocycles. The van der Waals surface area contributed by atoms with E-state index in [9.17, 15) is 14.9 Å². The summed E-state index contributed by atoms with van der Waals surface area (Å²) in [4.78, 5) is 26.3. The number of amides is 1. The van der Waals surface area contributed by atoms with Crippen molar-refractivity contribution >= 4 is 17.6 Å². The zero-order valence-electron chi connectivity index (χ0n) is 17.5. The topological polar surface area (TPSA) is 88.4 Å². The van der Waals surface area contributed by atoms with Crippen LogP contribution in [0.15, 0.2) is 84.9 Å². The highest BCUT2D eigenvalue weighted by Crippen LogP contribution is 2.65. The first-order valence-electron chi connectivity index (χ1n) is 10.2. The first kappa shape index (κ1) is 21.1. The number of esters is 1. The quantitative estimate of drug-likeness (QED) is 0.569. The van der Waals surface area contributed by atoms with Crippen molar-refractivity contribution < 1.29 is 19.1 Å². The average Bonchev–Trinajstić information content (AvgIpc) is 3.55. The van der Waals surface area contributed by atoms with E-state index in [-0.39, 0.29) is 6.61 Å². The van der Waals surface area contributed by atoms with Crippen LogP contribution in [0.5, 0.6) is 5.75 Å². The van der Waals surface area contributed by atoms with Crippen LogP contribution in [0.1, 0.15) is 17.0 Å². The molecule has 0 heterocycles. The summed E-state index contributed by atoms with van der Waals surface area (Å²) in [6, 6.07) is 27.4. The van der Waals surface area contributed by atoms with Gasteiger partial charge in [0.2, 0.25) is 5.91 Å². The van der Waals surface area contributed by atoms with Gasteiger partial charge in [-0.25, -0.2) is 0 Å². The molecule has 1 amide bonds. The molecule has 0 unspecified atom stereocenters. The number of hydrogen-bond donors (Lipinski definition) is 1. The van der Waals surface area contributed by atoms with Crippen LogP contribution in [-0.4, -0.2) is 19.0 Å². The Bertz CT molecular complexity index is 1140. The first-order valence-corrected chi connectivity index (χ1v) is 10.2. The smallest absolute Gasteiger partial charge is 0.312 e. The molecule has 3 aromatic rings.